The van der Waals surface area contributed by atoms with Crippen molar-refractivity contribution in [2.75, 3.05) is 0 Å². The van der Waals surface area contributed by atoms with Gasteiger partial charge in [-0.05, 0) is 24.3 Å². The van der Waals surface area contributed by atoms with E-state index < -0.39 is 17.5 Å². The van der Waals surface area contributed by atoms with Crippen LogP contribution >= 0.6 is 11.6 Å². The van der Waals surface area contributed by atoms with Crippen LogP contribution < -0.4 is 0 Å². The van der Waals surface area contributed by atoms with Crippen LogP contribution in [0, 0.1) is 28.8 Å². The largest absolute Gasteiger partial charge is 0.507 e. The van der Waals surface area contributed by atoms with Gasteiger partial charge in [-0.25, -0.2) is 18.2 Å². The number of aromatic hydroxyl groups is 1. The van der Waals surface area contributed by atoms with E-state index in [0.717, 1.165) is 12.1 Å². The van der Waals surface area contributed by atoms with Gasteiger partial charge in [0.2, 0.25) is 0 Å². The third-order valence-corrected chi connectivity index (χ3v) is 4.75. The summed E-state index contributed by atoms with van der Waals surface area (Å²) in [5.74, 6) is -2.91. The lowest BCUT2D eigenvalue weighted by Crippen LogP contribution is -2.05. The summed E-state index contributed by atoms with van der Waals surface area (Å²) >= 11 is 5.88. The van der Waals surface area contributed by atoms with Gasteiger partial charge in [0.05, 0.1) is 28.7 Å². The van der Waals surface area contributed by atoms with Gasteiger partial charge < -0.3 is 9.67 Å². The average Bonchev–Trinajstić information content (AvgIpc) is 3.01. The number of aromatic nitrogens is 2. The summed E-state index contributed by atoms with van der Waals surface area (Å²) in [5, 5.41) is 19.7. The number of phenols is 1. The van der Waals surface area contributed by atoms with Crippen LogP contribution in [0.1, 0.15) is 11.1 Å². The summed E-state index contributed by atoms with van der Waals surface area (Å²) in [6.07, 6.45) is 0. The van der Waals surface area contributed by atoms with E-state index in [9.17, 15) is 18.3 Å². The van der Waals surface area contributed by atoms with Crippen LogP contribution in [0.15, 0.2) is 48.5 Å². The maximum Gasteiger partial charge on any atom is 0.161 e. The maximum atomic E-state index is 14.6. The van der Waals surface area contributed by atoms with E-state index in [1.54, 1.807) is 6.07 Å². The molecule has 1 aromatic heterocycles. The highest BCUT2D eigenvalue weighted by molar-refractivity contribution is 6.30. The molecule has 4 aromatic rings. The Hall–Kier alpha value is -3.50. The van der Waals surface area contributed by atoms with Gasteiger partial charge in [-0.1, -0.05) is 23.7 Å². The highest BCUT2D eigenvalue weighted by Crippen LogP contribution is 2.34. The SMILES string of the molecule is N#Cc1cccc(Cn2c(-c3ccc(Cl)cc3O)nc3cc(F)c(F)cc32)c1F. The first kappa shape index (κ1) is 18.8. The van der Waals surface area contributed by atoms with Gasteiger partial charge in [-0.3, -0.25) is 0 Å². The van der Waals surface area contributed by atoms with Gasteiger partial charge in [0.25, 0.3) is 0 Å². The summed E-state index contributed by atoms with van der Waals surface area (Å²) < 4.78 is 43.7. The Morgan fingerprint density at radius 3 is 2.55 bits per heavy atom. The molecule has 3 aromatic carbocycles. The minimum Gasteiger partial charge on any atom is -0.507 e. The molecule has 0 spiro atoms. The van der Waals surface area contributed by atoms with E-state index in [0.29, 0.717) is 5.02 Å². The van der Waals surface area contributed by atoms with Crippen LogP contribution in [0.4, 0.5) is 13.2 Å². The van der Waals surface area contributed by atoms with Crippen molar-refractivity contribution in [2.24, 2.45) is 0 Å². The van der Waals surface area contributed by atoms with Crippen LogP contribution in [0.25, 0.3) is 22.4 Å². The summed E-state index contributed by atoms with van der Waals surface area (Å²) in [7, 11) is 0. The molecule has 1 N–H and O–H groups in total. The van der Waals surface area contributed by atoms with E-state index in [1.165, 1.54) is 41.0 Å². The smallest absolute Gasteiger partial charge is 0.161 e. The molecule has 144 valence electrons. The molecule has 0 aliphatic rings. The van der Waals surface area contributed by atoms with Crippen molar-refractivity contribution in [2.45, 2.75) is 6.54 Å². The second kappa shape index (κ2) is 7.15. The molecule has 1 heterocycles. The van der Waals surface area contributed by atoms with Crippen LogP contribution in [-0.4, -0.2) is 14.7 Å². The van der Waals surface area contributed by atoms with Gasteiger partial charge in [0.1, 0.15) is 23.5 Å². The number of fused-ring (bicyclic) bond motifs is 1. The topological polar surface area (TPSA) is 61.8 Å². The zero-order chi connectivity index (χ0) is 20.7. The first-order valence-electron chi connectivity index (χ1n) is 8.40. The van der Waals surface area contributed by atoms with E-state index in [1.807, 2.05) is 0 Å². The van der Waals surface area contributed by atoms with Crippen molar-refractivity contribution < 1.29 is 18.3 Å². The Morgan fingerprint density at radius 1 is 1.07 bits per heavy atom. The van der Waals surface area contributed by atoms with Crippen molar-refractivity contribution in [3.8, 4) is 23.2 Å². The van der Waals surface area contributed by atoms with Gasteiger partial charge in [-0.2, -0.15) is 5.26 Å². The number of nitrogens with zero attached hydrogens (tertiary/aromatic N) is 3. The minimum absolute atomic E-state index is 0.125. The molecule has 4 rings (SSSR count). The highest BCUT2D eigenvalue weighted by Gasteiger charge is 2.20. The fourth-order valence-electron chi connectivity index (χ4n) is 3.14. The van der Waals surface area contributed by atoms with Crippen LogP contribution in [-0.2, 0) is 6.54 Å². The normalized spacial score (nSPS) is 11.0. The molecule has 29 heavy (non-hydrogen) atoms. The Kier molecular flexibility index (Phi) is 4.65. The lowest BCUT2D eigenvalue weighted by Gasteiger charge is -2.12. The summed E-state index contributed by atoms with van der Waals surface area (Å²) in [5.41, 5.74) is 0.603. The number of nitriles is 1. The molecule has 0 radical (unpaired) electrons. The third kappa shape index (κ3) is 3.28. The molecular formula is C21H11ClF3N3O. The van der Waals surface area contributed by atoms with Gasteiger partial charge >= 0.3 is 0 Å². The fraction of sp³-hybridized carbons (Fsp3) is 0.0476. The zero-order valence-electron chi connectivity index (χ0n) is 14.6. The lowest BCUT2D eigenvalue weighted by atomic mass is 10.1. The molecule has 4 nitrogen and oxygen atoms in total. The zero-order valence-corrected chi connectivity index (χ0v) is 15.4. The maximum absolute atomic E-state index is 14.6. The summed E-state index contributed by atoms with van der Waals surface area (Å²) in [4.78, 5) is 4.31. The molecule has 0 fully saturated rings. The van der Waals surface area contributed by atoms with E-state index in [4.69, 9.17) is 16.9 Å². The standard InChI is InChI=1S/C21H11ClF3N3O/c22-13-4-5-14(19(29)6-13)21-27-17-7-15(23)16(24)8-18(17)28(21)10-12-3-1-2-11(9-26)20(12)25/h1-8,29H,10H2. The minimum atomic E-state index is -1.09. The van der Waals surface area contributed by atoms with Gasteiger partial charge in [0, 0.05) is 22.7 Å². The van der Waals surface area contributed by atoms with Gasteiger partial charge in [-0.15, -0.1) is 0 Å². The van der Waals surface area contributed by atoms with E-state index in [-0.39, 0.29) is 45.8 Å². The Labute approximate surface area is 168 Å². The van der Waals surface area contributed by atoms with Gasteiger partial charge in [0.15, 0.2) is 11.6 Å². The molecule has 0 saturated carbocycles. The predicted molar refractivity (Wildman–Crippen MR) is 102 cm³/mol. The van der Waals surface area contributed by atoms with Crippen molar-refractivity contribution in [1.82, 2.24) is 9.55 Å². The number of phenolic OH excluding ortho intramolecular Hbond substituents is 1. The number of benzene rings is 3. The molecule has 0 aliphatic heterocycles. The van der Waals surface area contributed by atoms with Crippen LogP contribution in [0.3, 0.4) is 0 Å². The number of hydrogen-bond acceptors (Lipinski definition) is 3. The quantitative estimate of drug-likeness (QED) is 0.489. The molecule has 0 unspecified atom stereocenters. The molecule has 0 aliphatic carbocycles. The first-order chi connectivity index (χ1) is 13.9. The summed E-state index contributed by atoms with van der Waals surface area (Å²) in [6, 6.07) is 12.3. The molecule has 0 atom stereocenters. The number of hydrogen-bond donors (Lipinski definition) is 1. The van der Waals surface area contributed by atoms with Crippen molar-refractivity contribution >= 4 is 22.6 Å². The number of rotatable bonds is 3. The third-order valence-electron chi connectivity index (χ3n) is 4.52. The highest BCUT2D eigenvalue weighted by atomic mass is 35.5. The van der Waals surface area contributed by atoms with Crippen molar-refractivity contribution in [3.63, 3.8) is 0 Å². The fourth-order valence-corrected chi connectivity index (χ4v) is 3.30. The lowest BCUT2D eigenvalue weighted by molar-refractivity contribution is 0.476. The van der Waals surface area contributed by atoms with Crippen molar-refractivity contribution in [3.05, 3.63) is 82.1 Å². The average molecular weight is 414 g/mol. The first-order valence-corrected chi connectivity index (χ1v) is 8.78. The van der Waals surface area contributed by atoms with Crippen LogP contribution in [0.5, 0.6) is 5.75 Å². The molecule has 0 saturated heterocycles. The predicted octanol–water partition coefficient (Wildman–Crippen LogP) is 5.40. The van der Waals surface area contributed by atoms with E-state index in [2.05, 4.69) is 4.98 Å². The Bertz CT molecular complexity index is 1310. The van der Waals surface area contributed by atoms with E-state index >= 15 is 0 Å². The monoisotopic (exact) mass is 413 g/mol. The Morgan fingerprint density at radius 2 is 1.83 bits per heavy atom. The van der Waals surface area contributed by atoms with Crippen molar-refractivity contribution in [1.29, 1.82) is 5.26 Å². The number of imidazole rings is 1. The molecule has 0 bridgehead atoms. The molecule has 0 amide bonds. The Balaban J connectivity index is 1.98. The molecule has 8 heteroatoms. The van der Waals surface area contributed by atoms with Crippen LogP contribution in [0.2, 0.25) is 5.02 Å². The summed E-state index contributed by atoms with van der Waals surface area (Å²) in [6.45, 7) is -0.125. The second-order valence-corrected chi connectivity index (χ2v) is 6.76. The molecular weight excluding hydrogens is 403 g/mol. The second-order valence-electron chi connectivity index (χ2n) is 6.33. The number of halogens is 4.